The smallest absolute Gasteiger partial charge is 0.344 e. The van der Waals surface area contributed by atoms with Crippen LogP contribution in [0.4, 0.5) is 6.01 Å². The molecule has 4 rings (SSSR count). The van der Waals surface area contributed by atoms with Crippen molar-refractivity contribution in [3.8, 4) is 11.5 Å². The van der Waals surface area contributed by atoms with E-state index in [-0.39, 0.29) is 5.75 Å². The Morgan fingerprint density at radius 3 is 2.40 bits per heavy atom. The second kappa shape index (κ2) is 10.1. The Morgan fingerprint density at radius 1 is 1.00 bits per heavy atom. The molecular formula is C25H24N2O7S. The van der Waals surface area contributed by atoms with Crippen molar-refractivity contribution in [2.24, 2.45) is 0 Å². The molecule has 0 aliphatic heterocycles. The SMILES string of the molecule is CC(Oc1cccc(CN(Cc2ccc(OS(C)(=O)=O)cc2)c2nc3ccccc3o2)c1)C(=O)O. The quantitative estimate of drug-likeness (QED) is 0.322. The summed E-state index contributed by atoms with van der Waals surface area (Å²) in [5.74, 6) is -0.383. The summed E-state index contributed by atoms with van der Waals surface area (Å²) in [6.07, 6.45) is 0.0105. The zero-order valence-electron chi connectivity index (χ0n) is 19.1. The van der Waals surface area contributed by atoms with Crippen LogP contribution in [0.1, 0.15) is 18.1 Å². The van der Waals surface area contributed by atoms with Gasteiger partial charge in [-0.05, 0) is 54.4 Å². The molecule has 0 spiro atoms. The van der Waals surface area contributed by atoms with E-state index < -0.39 is 22.2 Å². The zero-order valence-corrected chi connectivity index (χ0v) is 19.9. The molecule has 0 fully saturated rings. The maximum Gasteiger partial charge on any atom is 0.344 e. The van der Waals surface area contributed by atoms with Crippen LogP contribution in [0.5, 0.6) is 11.5 Å². The highest BCUT2D eigenvalue weighted by Crippen LogP contribution is 2.26. The Morgan fingerprint density at radius 2 is 1.71 bits per heavy atom. The Hall–Kier alpha value is -4.05. The Labute approximate surface area is 202 Å². The van der Waals surface area contributed by atoms with E-state index in [9.17, 15) is 13.2 Å². The number of oxazole rings is 1. The number of carboxylic acid groups (broad SMARTS) is 1. The van der Waals surface area contributed by atoms with Gasteiger partial charge in [-0.1, -0.05) is 36.4 Å². The van der Waals surface area contributed by atoms with Crippen LogP contribution in [-0.2, 0) is 28.0 Å². The molecule has 1 unspecified atom stereocenters. The molecule has 182 valence electrons. The highest BCUT2D eigenvalue weighted by atomic mass is 32.2. The van der Waals surface area contributed by atoms with Crippen molar-refractivity contribution in [3.63, 3.8) is 0 Å². The van der Waals surface area contributed by atoms with Gasteiger partial charge >= 0.3 is 16.1 Å². The standard InChI is InChI=1S/C25H24N2O7S/c1-17(24(28)29)32-21-7-5-6-19(14-21)16-27(25-26-22-8-3-4-9-23(22)33-25)15-18-10-12-20(13-11-18)34-35(2,30)31/h3-14,17H,15-16H2,1-2H3,(H,28,29). The molecule has 1 aromatic heterocycles. The first-order chi connectivity index (χ1) is 16.7. The molecule has 4 aromatic rings. The summed E-state index contributed by atoms with van der Waals surface area (Å²) in [6, 6.07) is 21.7. The minimum absolute atomic E-state index is 0.224. The molecule has 9 nitrogen and oxygen atoms in total. The van der Waals surface area contributed by atoms with Gasteiger partial charge in [-0.2, -0.15) is 13.4 Å². The summed E-state index contributed by atoms with van der Waals surface area (Å²) in [6.45, 7) is 2.27. The molecule has 1 N–H and O–H groups in total. The first-order valence-corrected chi connectivity index (χ1v) is 12.6. The van der Waals surface area contributed by atoms with E-state index in [0.717, 1.165) is 22.9 Å². The van der Waals surface area contributed by atoms with Gasteiger partial charge in [0.15, 0.2) is 11.7 Å². The van der Waals surface area contributed by atoms with Crippen molar-refractivity contribution in [2.75, 3.05) is 11.2 Å². The van der Waals surface area contributed by atoms with Gasteiger partial charge in [0.1, 0.15) is 17.0 Å². The number of hydrogen-bond donors (Lipinski definition) is 1. The van der Waals surface area contributed by atoms with Crippen LogP contribution in [0, 0.1) is 0 Å². The maximum atomic E-state index is 11.4. The molecule has 1 atom stereocenters. The van der Waals surface area contributed by atoms with Gasteiger partial charge in [0.25, 0.3) is 6.01 Å². The van der Waals surface area contributed by atoms with Gasteiger partial charge in [-0.3, -0.25) is 0 Å². The largest absolute Gasteiger partial charge is 0.479 e. The van der Waals surface area contributed by atoms with Crippen LogP contribution < -0.4 is 13.8 Å². The molecule has 0 saturated carbocycles. The molecule has 0 bridgehead atoms. The van der Waals surface area contributed by atoms with Crippen molar-refractivity contribution >= 4 is 33.2 Å². The normalized spacial score (nSPS) is 12.3. The van der Waals surface area contributed by atoms with Crippen molar-refractivity contribution in [2.45, 2.75) is 26.1 Å². The number of benzene rings is 3. The van der Waals surface area contributed by atoms with E-state index in [0.29, 0.717) is 30.4 Å². The molecule has 3 aromatic carbocycles. The van der Waals surface area contributed by atoms with Gasteiger partial charge in [0, 0.05) is 13.1 Å². The number of anilines is 1. The summed E-state index contributed by atoms with van der Waals surface area (Å²) in [5, 5.41) is 9.13. The lowest BCUT2D eigenvalue weighted by atomic mass is 10.1. The van der Waals surface area contributed by atoms with Crippen LogP contribution >= 0.6 is 0 Å². The van der Waals surface area contributed by atoms with E-state index in [1.807, 2.05) is 35.2 Å². The summed E-state index contributed by atoms with van der Waals surface area (Å²) in [7, 11) is -3.61. The predicted octanol–water partition coefficient (Wildman–Crippen LogP) is 4.22. The highest BCUT2D eigenvalue weighted by molar-refractivity contribution is 7.86. The number of ether oxygens (including phenoxy) is 1. The molecule has 35 heavy (non-hydrogen) atoms. The third-order valence-corrected chi connectivity index (χ3v) is 5.53. The number of fused-ring (bicyclic) bond motifs is 1. The van der Waals surface area contributed by atoms with Crippen molar-refractivity contribution < 1.29 is 31.7 Å². The van der Waals surface area contributed by atoms with E-state index in [4.69, 9.17) is 18.4 Å². The topological polar surface area (TPSA) is 119 Å². The Bertz CT molecular complexity index is 1400. The molecule has 0 saturated heterocycles. The molecule has 0 amide bonds. The second-order valence-electron chi connectivity index (χ2n) is 8.00. The fourth-order valence-corrected chi connectivity index (χ4v) is 3.88. The number of carboxylic acids is 1. The maximum absolute atomic E-state index is 11.4. The fourth-order valence-electron chi connectivity index (χ4n) is 3.42. The molecule has 1 heterocycles. The fraction of sp³-hybridized carbons (Fsp3) is 0.200. The van der Waals surface area contributed by atoms with Gasteiger partial charge in [0.2, 0.25) is 0 Å². The van der Waals surface area contributed by atoms with Crippen LogP contribution in [0.25, 0.3) is 11.1 Å². The Balaban J connectivity index is 1.61. The van der Waals surface area contributed by atoms with Gasteiger partial charge in [-0.25, -0.2) is 4.79 Å². The minimum atomic E-state index is -3.61. The third-order valence-electron chi connectivity index (χ3n) is 5.03. The third kappa shape index (κ3) is 6.51. The van der Waals surface area contributed by atoms with Gasteiger partial charge < -0.3 is 23.3 Å². The van der Waals surface area contributed by atoms with Crippen LogP contribution in [-0.4, -0.2) is 36.8 Å². The first kappa shape index (κ1) is 24.1. The molecular weight excluding hydrogens is 472 g/mol. The van der Waals surface area contributed by atoms with Crippen molar-refractivity contribution in [3.05, 3.63) is 83.9 Å². The molecule has 0 aliphatic rings. The highest BCUT2D eigenvalue weighted by Gasteiger charge is 2.17. The van der Waals surface area contributed by atoms with E-state index in [1.54, 1.807) is 42.5 Å². The van der Waals surface area contributed by atoms with Crippen LogP contribution in [0.3, 0.4) is 0 Å². The average Bonchev–Trinajstić information content (AvgIpc) is 3.23. The average molecular weight is 497 g/mol. The number of rotatable bonds is 10. The van der Waals surface area contributed by atoms with Gasteiger partial charge in [-0.15, -0.1) is 0 Å². The summed E-state index contributed by atoms with van der Waals surface area (Å²) in [4.78, 5) is 17.7. The number of aliphatic carboxylic acids is 1. The van der Waals surface area contributed by atoms with Gasteiger partial charge in [0.05, 0.1) is 6.26 Å². The number of aromatic nitrogens is 1. The molecule has 0 radical (unpaired) electrons. The predicted molar refractivity (Wildman–Crippen MR) is 130 cm³/mol. The number of nitrogens with zero attached hydrogens (tertiary/aromatic N) is 2. The van der Waals surface area contributed by atoms with Crippen molar-refractivity contribution in [1.29, 1.82) is 0 Å². The summed E-state index contributed by atoms with van der Waals surface area (Å²) in [5.41, 5.74) is 3.10. The minimum Gasteiger partial charge on any atom is -0.479 e. The van der Waals surface area contributed by atoms with E-state index >= 15 is 0 Å². The van der Waals surface area contributed by atoms with E-state index in [2.05, 4.69) is 4.98 Å². The lowest BCUT2D eigenvalue weighted by molar-refractivity contribution is -0.144. The first-order valence-electron chi connectivity index (χ1n) is 10.7. The van der Waals surface area contributed by atoms with E-state index in [1.165, 1.54) is 6.92 Å². The number of carbonyl (C=O) groups is 1. The second-order valence-corrected chi connectivity index (χ2v) is 9.57. The Kier molecular flexibility index (Phi) is 6.92. The summed E-state index contributed by atoms with van der Waals surface area (Å²) >= 11 is 0. The molecule has 10 heteroatoms. The van der Waals surface area contributed by atoms with Crippen molar-refractivity contribution in [1.82, 2.24) is 4.98 Å². The number of hydrogen-bond acceptors (Lipinski definition) is 8. The van der Waals surface area contributed by atoms with Crippen LogP contribution in [0.15, 0.2) is 77.2 Å². The summed E-state index contributed by atoms with van der Waals surface area (Å²) < 4.78 is 39.2. The number of para-hydroxylation sites is 2. The molecule has 0 aliphatic carbocycles. The van der Waals surface area contributed by atoms with Crippen LogP contribution in [0.2, 0.25) is 0 Å². The lowest BCUT2D eigenvalue weighted by Gasteiger charge is -2.21. The monoisotopic (exact) mass is 496 g/mol. The zero-order chi connectivity index (χ0) is 25.0. The lowest BCUT2D eigenvalue weighted by Crippen LogP contribution is -2.24.